The summed E-state index contributed by atoms with van der Waals surface area (Å²) in [4.78, 5) is 157. The first-order chi connectivity index (χ1) is 41.0. The quantitative estimate of drug-likeness (QED) is 0.0335. The molecule has 1 aliphatic rings. The molecule has 1 unspecified atom stereocenters. The highest BCUT2D eigenvalue weighted by atomic mass is 16.3. The SMILES string of the molecule is CC[C@H](C)[C@@H]1NC(=O)[C@@H](CCCNC(=N)N)NC(=O)[C@H](CC(C)C)NC(=O)[C@H]([C@H](O)C(C)C)NC(=O)[C@@H](NC(=O)[C@H](CC(C)(C)C)NC(=O)[C@H](N)CC(C)(C)C)[C@@H](c2ccccc2)NC(=O)C(CO)NC(=O)[C@H](CO)NC(=O)CNC(=O)[C@H](CO)NC1=O. The largest absolute Gasteiger partial charge is 0.394 e. The molecule has 0 aromatic heterocycles. The topological polar surface area (TPSA) is 489 Å². The predicted molar refractivity (Wildman–Crippen MR) is 324 cm³/mol. The van der Waals surface area contributed by atoms with Crippen LogP contribution in [0.2, 0.25) is 0 Å². The summed E-state index contributed by atoms with van der Waals surface area (Å²) in [5.41, 5.74) is 10.8. The minimum absolute atomic E-state index is 0.0415. The fraction of sp³-hybridized carbons (Fsp3) is 0.690. The second kappa shape index (κ2) is 36.1. The van der Waals surface area contributed by atoms with Crippen molar-refractivity contribution in [3.63, 3.8) is 0 Å². The Hall–Kier alpha value is -7.54. The first kappa shape index (κ1) is 76.6. The van der Waals surface area contributed by atoms with Crippen molar-refractivity contribution in [2.45, 2.75) is 194 Å². The molecule has 0 spiro atoms. The summed E-state index contributed by atoms with van der Waals surface area (Å²) in [6, 6.07) is -10.7. The summed E-state index contributed by atoms with van der Waals surface area (Å²) in [6.07, 6.45) is -1.52. The van der Waals surface area contributed by atoms with Crippen molar-refractivity contribution in [3.8, 4) is 0 Å². The van der Waals surface area contributed by atoms with Crippen LogP contribution in [0.1, 0.15) is 133 Å². The Labute approximate surface area is 514 Å². The second-order valence-corrected chi connectivity index (χ2v) is 25.4. The predicted octanol–water partition coefficient (Wildman–Crippen LogP) is -4.11. The van der Waals surface area contributed by atoms with Crippen LogP contribution in [0.5, 0.6) is 0 Å². The lowest BCUT2D eigenvalue weighted by Crippen LogP contribution is -2.65. The van der Waals surface area contributed by atoms with E-state index < -0.39 is 193 Å². The lowest BCUT2D eigenvalue weighted by Gasteiger charge is -2.35. The van der Waals surface area contributed by atoms with Gasteiger partial charge in [0.1, 0.15) is 54.4 Å². The van der Waals surface area contributed by atoms with Gasteiger partial charge in [-0.15, -0.1) is 0 Å². The molecular formula is C58H99N15O15. The highest BCUT2D eigenvalue weighted by molar-refractivity contribution is 5.99. The number of hydrogen-bond acceptors (Lipinski definition) is 17. The van der Waals surface area contributed by atoms with Gasteiger partial charge >= 0.3 is 0 Å². The van der Waals surface area contributed by atoms with E-state index in [4.69, 9.17) is 16.9 Å². The Balaban J connectivity index is 3.07. The van der Waals surface area contributed by atoms with E-state index in [1.807, 2.05) is 20.8 Å². The van der Waals surface area contributed by atoms with Crippen LogP contribution in [0.4, 0.5) is 0 Å². The normalized spacial score (nSPS) is 24.6. The number of nitrogens with two attached hydrogens (primary N) is 2. The van der Waals surface area contributed by atoms with Gasteiger partial charge < -0.3 is 95.7 Å². The van der Waals surface area contributed by atoms with Gasteiger partial charge in [0.25, 0.3) is 0 Å². The minimum atomic E-state index is -2.03. The van der Waals surface area contributed by atoms with Crippen LogP contribution in [-0.4, -0.2) is 191 Å². The molecule has 1 fully saturated rings. The summed E-state index contributed by atoms with van der Waals surface area (Å²) in [6.45, 7) is 16.6. The highest BCUT2D eigenvalue weighted by Crippen LogP contribution is 2.25. The van der Waals surface area contributed by atoms with Crippen LogP contribution in [0.15, 0.2) is 30.3 Å². The highest BCUT2D eigenvalue weighted by Gasteiger charge is 2.42. The molecule has 0 aliphatic carbocycles. The first-order valence-electron chi connectivity index (χ1n) is 29.7. The molecule has 1 heterocycles. The first-order valence-corrected chi connectivity index (χ1v) is 29.7. The third-order valence-electron chi connectivity index (χ3n) is 14.2. The fourth-order valence-electron chi connectivity index (χ4n) is 9.26. The molecule has 11 amide bonds. The van der Waals surface area contributed by atoms with Gasteiger partial charge in [-0.1, -0.05) is 120 Å². The molecule has 1 saturated heterocycles. The number of hydrogen-bond donors (Lipinski definition) is 19. The van der Waals surface area contributed by atoms with Crippen LogP contribution in [0.25, 0.3) is 0 Å². The average molecular weight is 1250 g/mol. The van der Waals surface area contributed by atoms with Crippen LogP contribution >= 0.6 is 0 Å². The van der Waals surface area contributed by atoms with Gasteiger partial charge in [-0.25, -0.2) is 0 Å². The maximum absolute atomic E-state index is 15.4. The van der Waals surface area contributed by atoms with Crippen LogP contribution in [0.3, 0.4) is 0 Å². The fourth-order valence-corrected chi connectivity index (χ4v) is 9.26. The number of nitrogens with one attached hydrogen (secondary N) is 13. The third kappa shape index (κ3) is 26.0. The Bertz CT molecular complexity index is 2540. The van der Waals surface area contributed by atoms with Crippen molar-refractivity contribution in [2.75, 3.05) is 32.9 Å². The molecule has 30 nitrogen and oxygen atoms in total. The zero-order valence-corrected chi connectivity index (χ0v) is 52.8. The molecule has 30 heteroatoms. The summed E-state index contributed by atoms with van der Waals surface area (Å²) in [5, 5.41) is 80.5. The number of guanidine groups is 1. The molecule has 0 bridgehead atoms. The number of carbonyl (C=O) groups excluding carboxylic acids is 11. The average Bonchev–Trinajstić information content (AvgIpc) is 3.65. The molecule has 88 heavy (non-hydrogen) atoms. The number of carbonyl (C=O) groups is 11. The molecule has 1 aromatic carbocycles. The molecule has 13 atom stereocenters. The molecular weight excluding hydrogens is 1150 g/mol. The summed E-state index contributed by atoms with van der Waals surface area (Å²) < 4.78 is 0. The number of amides is 11. The van der Waals surface area contributed by atoms with Gasteiger partial charge in [-0.05, 0) is 66.3 Å². The molecule has 496 valence electrons. The third-order valence-corrected chi connectivity index (χ3v) is 14.2. The Morgan fingerprint density at radius 1 is 0.636 bits per heavy atom. The van der Waals surface area contributed by atoms with Gasteiger partial charge in [0, 0.05) is 6.54 Å². The van der Waals surface area contributed by atoms with E-state index >= 15 is 4.79 Å². The Morgan fingerprint density at radius 2 is 1.12 bits per heavy atom. The van der Waals surface area contributed by atoms with Gasteiger partial charge in [0.05, 0.1) is 44.6 Å². The smallest absolute Gasteiger partial charge is 0.245 e. The molecule has 2 rings (SSSR count). The van der Waals surface area contributed by atoms with E-state index in [-0.39, 0.29) is 56.6 Å². The van der Waals surface area contributed by atoms with Crippen molar-refractivity contribution >= 4 is 70.9 Å². The van der Waals surface area contributed by atoms with Crippen molar-refractivity contribution in [2.24, 2.45) is 40.1 Å². The van der Waals surface area contributed by atoms with E-state index in [9.17, 15) is 68.4 Å². The van der Waals surface area contributed by atoms with Crippen molar-refractivity contribution in [1.82, 2.24) is 63.8 Å². The van der Waals surface area contributed by atoms with Gasteiger partial charge in [0.15, 0.2) is 5.96 Å². The molecule has 21 N–H and O–H groups in total. The molecule has 0 radical (unpaired) electrons. The molecule has 0 saturated carbocycles. The van der Waals surface area contributed by atoms with Crippen molar-refractivity contribution < 1.29 is 73.2 Å². The van der Waals surface area contributed by atoms with Crippen LogP contribution in [0, 0.1) is 34.0 Å². The maximum Gasteiger partial charge on any atom is 0.245 e. The maximum atomic E-state index is 15.4. The zero-order valence-electron chi connectivity index (χ0n) is 52.8. The number of aliphatic hydroxyl groups excluding tert-OH is 4. The molecule has 1 aromatic rings. The van der Waals surface area contributed by atoms with Crippen molar-refractivity contribution in [3.05, 3.63) is 35.9 Å². The lowest BCUT2D eigenvalue weighted by atomic mass is 9.86. The Morgan fingerprint density at radius 3 is 1.66 bits per heavy atom. The number of aliphatic hydroxyl groups is 4. The van der Waals surface area contributed by atoms with E-state index in [1.165, 1.54) is 38.1 Å². The molecule has 1 aliphatic heterocycles. The van der Waals surface area contributed by atoms with E-state index in [0.29, 0.717) is 0 Å². The van der Waals surface area contributed by atoms with Gasteiger partial charge in [-0.3, -0.25) is 58.1 Å². The summed E-state index contributed by atoms with van der Waals surface area (Å²) in [7, 11) is 0. The summed E-state index contributed by atoms with van der Waals surface area (Å²) >= 11 is 0. The van der Waals surface area contributed by atoms with Crippen LogP contribution in [-0.2, 0) is 52.7 Å². The Kier molecular flexibility index (Phi) is 31.4. The zero-order chi connectivity index (χ0) is 67.0. The minimum Gasteiger partial charge on any atom is -0.394 e. The van der Waals surface area contributed by atoms with E-state index in [2.05, 4.69) is 63.8 Å². The van der Waals surface area contributed by atoms with Crippen molar-refractivity contribution in [1.29, 1.82) is 5.41 Å². The number of rotatable bonds is 20. The number of benzene rings is 1. The second-order valence-electron chi connectivity index (χ2n) is 25.4. The monoisotopic (exact) mass is 1250 g/mol. The van der Waals surface area contributed by atoms with Crippen LogP contribution < -0.4 is 75.3 Å². The van der Waals surface area contributed by atoms with Gasteiger partial charge in [-0.2, -0.15) is 0 Å². The summed E-state index contributed by atoms with van der Waals surface area (Å²) in [5.74, 6) is -13.8. The van der Waals surface area contributed by atoms with E-state index in [1.54, 1.807) is 54.5 Å². The van der Waals surface area contributed by atoms with E-state index in [0.717, 1.165) is 0 Å². The van der Waals surface area contributed by atoms with Gasteiger partial charge in [0.2, 0.25) is 65.0 Å². The standard InChI is InChI=1S/C58H99N15O15/c1-13-31(6)41-53(86)69-37(26-74)47(80)63-25-40(77)64-38(27-75)51(84)68-39(28-76)52(85)71-42(32-18-15-14-16-19-32)43(72-50(83)36(24-58(10,11)12)67-46(79)33(59)23-57(7,8)9)54(87)73-44(45(78)30(4)5)55(88)66-35(22-29(2)3)49(82)65-34(48(81)70-41)20-17-21-62-56(60)61/h14-16,18-19,29-31,33-39,41-45,74-76,78H,13,17,20-28,59H2,1-12H3,(H,63,80)(H,64,77)(H,65,82)(H,66,88)(H,67,79)(H,68,84)(H,69,86)(H,70,81)(H,71,85)(H,72,83)(H,73,87)(H4,60,61,62)/t31-,33+,34+,35-,36-,37-,38-,39?,41-,42+,43-,44-,45+/m0/s1. The lowest BCUT2D eigenvalue weighted by molar-refractivity contribution is -0.139.